The summed E-state index contributed by atoms with van der Waals surface area (Å²) in [7, 11) is 3.39. The largest absolute Gasteiger partial charge is 0.497 e. The molecular weight excluding hydrogens is 238 g/mol. The van der Waals surface area contributed by atoms with Crippen molar-refractivity contribution >= 4 is 11.6 Å². The minimum atomic E-state index is 0.0550. The second-order valence-corrected chi connectivity index (χ2v) is 4.32. The minimum absolute atomic E-state index is 0.0550. The van der Waals surface area contributed by atoms with Gasteiger partial charge in [0.1, 0.15) is 5.75 Å². The number of ether oxygens (including phenoxy) is 1. The molecule has 0 aromatic heterocycles. The van der Waals surface area contributed by atoms with Crippen LogP contribution in [-0.2, 0) is 11.2 Å². The van der Waals surface area contributed by atoms with Crippen LogP contribution < -0.4 is 9.64 Å². The molecule has 0 atom stereocenters. The van der Waals surface area contributed by atoms with Crippen LogP contribution in [0, 0.1) is 0 Å². The van der Waals surface area contributed by atoms with Crippen molar-refractivity contribution in [2.75, 3.05) is 19.1 Å². The highest BCUT2D eigenvalue weighted by Crippen LogP contribution is 2.20. The molecule has 1 amide bonds. The van der Waals surface area contributed by atoms with Crippen LogP contribution in [0.15, 0.2) is 54.6 Å². The molecule has 0 heterocycles. The zero-order chi connectivity index (χ0) is 13.7. The SMILES string of the molecule is COc1cccc(N(C)C(=O)Cc2ccccc2)c1. The predicted molar refractivity (Wildman–Crippen MR) is 76.6 cm³/mol. The molecule has 3 nitrogen and oxygen atoms in total. The number of hydrogen-bond acceptors (Lipinski definition) is 2. The smallest absolute Gasteiger partial charge is 0.231 e. The first-order chi connectivity index (χ1) is 9.20. The van der Waals surface area contributed by atoms with Crippen molar-refractivity contribution in [3.05, 3.63) is 60.2 Å². The third kappa shape index (κ3) is 3.35. The van der Waals surface area contributed by atoms with Gasteiger partial charge in [-0.3, -0.25) is 4.79 Å². The molecule has 2 aromatic rings. The summed E-state index contributed by atoms with van der Waals surface area (Å²) in [6.07, 6.45) is 0.397. The normalized spacial score (nSPS) is 10.0. The number of nitrogens with zero attached hydrogens (tertiary/aromatic N) is 1. The average molecular weight is 255 g/mol. The molecule has 0 aliphatic rings. The van der Waals surface area contributed by atoms with Gasteiger partial charge in [0.2, 0.25) is 5.91 Å². The van der Waals surface area contributed by atoms with E-state index in [-0.39, 0.29) is 5.91 Å². The summed E-state index contributed by atoms with van der Waals surface area (Å²) >= 11 is 0. The lowest BCUT2D eigenvalue weighted by Crippen LogP contribution is -2.27. The summed E-state index contributed by atoms with van der Waals surface area (Å²) in [4.78, 5) is 13.8. The van der Waals surface area contributed by atoms with Gasteiger partial charge in [-0.15, -0.1) is 0 Å². The van der Waals surface area contributed by atoms with Crippen LogP contribution in [0.2, 0.25) is 0 Å². The van der Waals surface area contributed by atoms with E-state index < -0.39 is 0 Å². The molecule has 0 saturated carbocycles. The second kappa shape index (κ2) is 6.05. The van der Waals surface area contributed by atoms with Crippen molar-refractivity contribution in [3.63, 3.8) is 0 Å². The van der Waals surface area contributed by atoms with Gasteiger partial charge in [-0.1, -0.05) is 36.4 Å². The third-order valence-electron chi connectivity index (χ3n) is 3.01. The van der Waals surface area contributed by atoms with E-state index in [1.54, 1.807) is 19.1 Å². The highest BCUT2D eigenvalue weighted by atomic mass is 16.5. The first-order valence-electron chi connectivity index (χ1n) is 6.15. The van der Waals surface area contributed by atoms with Gasteiger partial charge in [-0.05, 0) is 17.7 Å². The Labute approximate surface area is 113 Å². The minimum Gasteiger partial charge on any atom is -0.497 e. The van der Waals surface area contributed by atoms with Crippen molar-refractivity contribution in [2.24, 2.45) is 0 Å². The summed E-state index contributed by atoms with van der Waals surface area (Å²) in [5.74, 6) is 0.802. The summed E-state index contributed by atoms with van der Waals surface area (Å²) in [5.41, 5.74) is 1.85. The maximum Gasteiger partial charge on any atom is 0.231 e. The molecule has 0 aliphatic heterocycles. The number of carbonyl (C=O) groups is 1. The van der Waals surface area contributed by atoms with Gasteiger partial charge >= 0.3 is 0 Å². The molecule has 0 spiro atoms. The molecule has 0 aliphatic carbocycles. The number of hydrogen-bond donors (Lipinski definition) is 0. The van der Waals surface area contributed by atoms with E-state index in [2.05, 4.69) is 0 Å². The second-order valence-electron chi connectivity index (χ2n) is 4.32. The Hall–Kier alpha value is -2.29. The summed E-state index contributed by atoms with van der Waals surface area (Å²) in [6, 6.07) is 17.2. The topological polar surface area (TPSA) is 29.5 Å². The van der Waals surface area contributed by atoms with Crippen LogP contribution in [0.1, 0.15) is 5.56 Å². The molecule has 0 bridgehead atoms. The average Bonchev–Trinajstić information content (AvgIpc) is 2.47. The van der Waals surface area contributed by atoms with E-state index >= 15 is 0 Å². The number of amides is 1. The van der Waals surface area contributed by atoms with Gasteiger partial charge in [-0.2, -0.15) is 0 Å². The first kappa shape index (κ1) is 13.1. The molecule has 2 aromatic carbocycles. The quantitative estimate of drug-likeness (QED) is 0.840. The standard InChI is InChI=1S/C16H17NO2/c1-17(14-9-6-10-15(12-14)19-2)16(18)11-13-7-4-3-5-8-13/h3-10,12H,11H2,1-2H3. The Morgan fingerprint density at radius 3 is 2.53 bits per heavy atom. The number of benzene rings is 2. The maximum absolute atomic E-state index is 12.2. The monoisotopic (exact) mass is 255 g/mol. The molecule has 0 unspecified atom stereocenters. The molecule has 3 heteroatoms. The molecule has 19 heavy (non-hydrogen) atoms. The van der Waals surface area contributed by atoms with Crippen LogP contribution in [0.4, 0.5) is 5.69 Å². The van der Waals surface area contributed by atoms with E-state index in [0.717, 1.165) is 17.0 Å². The fourth-order valence-electron chi connectivity index (χ4n) is 1.85. The lowest BCUT2D eigenvalue weighted by molar-refractivity contribution is -0.117. The van der Waals surface area contributed by atoms with Crippen LogP contribution in [0.25, 0.3) is 0 Å². The van der Waals surface area contributed by atoms with E-state index in [0.29, 0.717) is 6.42 Å². The van der Waals surface area contributed by atoms with E-state index in [4.69, 9.17) is 4.74 Å². The third-order valence-corrected chi connectivity index (χ3v) is 3.01. The fourth-order valence-corrected chi connectivity index (χ4v) is 1.85. The van der Waals surface area contributed by atoms with Gasteiger partial charge in [0.25, 0.3) is 0 Å². The Bertz CT molecular complexity index is 552. The fraction of sp³-hybridized carbons (Fsp3) is 0.188. The molecule has 0 fully saturated rings. The van der Waals surface area contributed by atoms with Crippen molar-refractivity contribution < 1.29 is 9.53 Å². The molecule has 98 valence electrons. The number of rotatable bonds is 4. The van der Waals surface area contributed by atoms with E-state index in [1.165, 1.54) is 0 Å². The lowest BCUT2D eigenvalue weighted by Gasteiger charge is -2.18. The van der Waals surface area contributed by atoms with Crippen molar-refractivity contribution in [3.8, 4) is 5.75 Å². The van der Waals surface area contributed by atoms with Crippen LogP contribution in [0.5, 0.6) is 5.75 Å². The van der Waals surface area contributed by atoms with Crippen molar-refractivity contribution in [2.45, 2.75) is 6.42 Å². The van der Waals surface area contributed by atoms with Gasteiger partial charge < -0.3 is 9.64 Å². The van der Waals surface area contributed by atoms with Crippen LogP contribution >= 0.6 is 0 Å². The van der Waals surface area contributed by atoms with Gasteiger partial charge in [0, 0.05) is 18.8 Å². The summed E-state index contributed by atoms with van der Waals surface area (Å²) < 4.78 is 5.17. The van der Waals surface area contributed by atoms with Crippen molar-refractivity contribution in [1.82, 2.24) is 0 Å². The number of carbonyl (C=O) groups excluding carboxylic acids is 1. The Balaban J connectivity index is 2.10. The highest BCUT2D eigenvalue weighted by molar-refractivity contribution is 5.94. The molecule has 0 saturated heterocycles. The molecular formula is C16H17NO2. The zero-order valence-corrected chi connectivity index (χ0v) is 11.2. The zero-order valence-electron chi connectivity index (χ0n) is 11.2. The first-order valence-corrected chi connectivity index (χ1v) is 6.15. The lowest BCUT2D eigenvalue weighted by atomic mass is 10.1. The van der Waals surface area contributed by atoms with Gasteiger partial charge in [-0.25, -0.2) is 0 Å². The summed E-state index contributed by atoms with van der Waals surface area (Å²) in [6.45, 7) is 0. The predicted octanol–water partition coefficient (Wildman–Crippen LogP) is 2.90. The number of anilines is 1. The maximum atomic E-state index is 12.2. The van der Waals surface area contributed by atoms with E-state index in [1.807, 2.05) is 54.6 Å². The molecule has 2 rings (SSSR count). The summed E-state index contributed by atoms with van der Waals surface area (Å²) in [5, 5.41) is 0. The highest BCUT2D eigenvalue weighted by Gasteiger charge is 2.11. The van der Waals surface area contributed by atoms with Gasteiger partial charge in [0.05, 0.1) is 13.5 Å². The Morgan fingerprint density at radius 1 is 1.11 bits per heavy atom. The molecule has 0 radical (unpaired) electrons. The van der Waals surface area contributed by atoms with Crippen LogP contribution in [0.3, 0.4) is 0 Å². The molecule has 0 N–H and O–H groups in total. The van der Waals surface area contributed by atoms with E-state index in [9.17, 15) is 4.79 Å². The Kier molecular flexibility index (Phi) is 4.18. The van der Waals surface area contributed by atoms with Gasteiger partial charge in [0.15, 0.2) is 0 Å². The Morgan fingerprint density at radius 2 is 1.84 bits per heavy atom. The number of methoxy groups -OCH3 is 1. The van der Waals surface area contributed by atoms with Crippen molar-refractivity contribution in [1.29, 1.82) is 0 Å². The number of likely N-dealkylation sites (N-methyl/N-ethyl adjacent to an activating group) is 1. The van der Waals surface area contributed by atoms with Crippen LogP contribution in [-0.4, -0.2) is 20.1 Å².